The molecule has 0 saturated carbocycles. The Hall–Kier alpha value is -0.343. The quantitative estimate of drug-likeness (QED) is 0.537. The highest BCUT2D eigenvalue weighted by atomic mass is 35.5. The summed E-state index contributed by atoms with van der Waals surface area (Å²) in [7, 11) is -1.09. The maximum Gasteiger partial charge on any atom is 0.123 e. The van der Waals surface area contributed by atoms with Gasteiger partial charge in [-0.1, -0.05) is 37.8 Å². The van der Waals surface area contributed by atoms with Crippen LogP contribution in [0.2, 0.25) is 25.7 Å². The summed E-state index contributed by atoms with van der Waals surface area (Å²) in [5.74, 6) is 0.995. The van der Waals surface area contributed by atoms with Crippen molar-refractivity contribution in [1.82, 2.24) is 0 Å². The Bertz CT molecular complexity index is 333. The molecule has 0 saturated heterocycles. The summed E-state index contributed by atoms with van der Waals surface area (Å²) in [6, 6.07) is 8.05. The molecule has 0 spiro atoms. The molecule has 1 unspecified atom stereocenters. The van der Waals surface area contributed by atoms with Gasteiger partial charge in [0.05, 0.1) is 0 Å². The van der Waals surface area contributed by atoms with Crippen molar-refractivity contribution in [1.29, 1.82) is 0 Å². The predicted octanol–water partition coefficient (Wildman–Crippen LogP) is 4.56. The van der Waals surface area contributed by atoms with Gasteiger partial charge < -0.3 is 0 Å². The molecule has 0 aliphatic heterocycles. The summed E-state index contributed by atoms with van der Waals surface area (Å²) in [6.45, 7) is 7.04. The van der Waals surface area contributed by atoms with E-state index < -0.39 is 8.07 Å². The SMILES string of the molecule is C[Si](C)(C)CC(CCl)Cc1cccc(F)c1. The van der Waals surface area contributed by atoms with E-state index in [2.05, 4.69) is 19.6 Å². The second kappa shape index (κ2) is 5.83. The highest BCUT2D eigenvalue weighted by molar-refractivity contribution is 6.76. The minimum absolute atomic E-state index is 0.154. The highest BCUT2D eigenvalue weighted by Crippen LogP contribution is 2.22. The van der Waals surface area contributed by atoms with Gasteiger partial charge in [-0.2, -0.15) is 0 Å². The Kier molecular flexibility index (Phi) is 5.00. The Morgan fingerprint density at radius 2 is 2.00 bits per heavy atom. The van der Waals surface area contributed by atoms with Crippen LogP contribution < -0.4 is 0 Å². The molecule has 1 rings (SSSR count). The summed E-state index contributed by atoms with van der Waals surface area (Å²) in [5.41, 5.74) is 1.06. The molecule has 0 heterocycles. The molecule has 90 valence electrons. The van der Waals surface area contributed by atoms with Crippen LogP contribution in [0, 0.1) is 11.7 Å². The van der Waals surface area contributed by atoms with E-state index in [0.29, 0.717) is 11.8 Å². The lowest BCUT2D eigenvalue weighted by Gasteiger charge is -2.22. The van der Waals surface area contributed by atoms with Gasteiger partial charge in [-0.3, -0.25) is 0 Å². The summed E-state index contributed by atoms with van der Waals surface area (Å²) < 4.78 is 13.0. The Morgan fingerprint density at radius 1 is 1.31 bits per heavy atom. The lowest BCUT2D eigenvalue weighted by Crippen LogP contribution is -2.25. The average Bonchev–Trinajstić information content (AvgIpc) is 2.14. The number of halogens is 2. The van der Waals surface area contributed by atoms with Crippen LogP contribution in [0.5, 0.6) is 0 Å². The van der Waals surface area contributed by atoms with Crippen molar-refractivity contribution in [3.8, 4) is 0 Å². The van der Waals surface area contributed by atoms with Gasteiger partial charge in [0.1, 0.15) is 5.82 Å². The molecule has 0 amide bonds. The monoisotopic (exact) mass is 258 g/mol. The van der Waals surface area contributed by atoms with Crippen LogP contribution in [-0.2, 0) is 6.42 Å². The van der Waals surface area contributed by atoms with Crippen molar-refractivity contribution in [2.75, 3.05) is 5.88 Å². The second-order valence-corrected chi connectivity index (χ2v) is 11.5. The van der Waals surface area contributed by atoms with E-state index in [1.165, 1.54) is 12.1 Å². The topological polar surface area (TPSA) is 0 Å². The molecular weight excluding hydrogens is 239 g/mol. The Labute approximate surface area is 104 Å². The highest BCUT2D eigenvalue weighted by Gasteiger charge is 2.20. The average molecular weight is 259 g/mol. The number of benzene rings is 1. The molecule has 0 N–H and O–H groups in total. The second-order valence-electron chi connectivity index (χ2n) is 5.62. The number of hydrogen-bond acceptors (Lipinski definition) is 0. The third-order valence-electron chi connectivity index (χ3n) is 2.53. The third-order valence-corrected chi connectivity index (χ3v) is 4.77. The minimum Gasteiger partial charge on any atom is -0.207 e. The molecule has 0 nitrogen and oxygen atoms in total. The summed E-state index contributed by atoms with van der Waals surface area (Å²) in [5, 5.41) is 0. The van der Waals surface area contributed by atoms with Crippen LogP contribution >= 0.6 is 11.6 Å². The van der Waals surface area contributed by atoms with Crippen LogP contribution in [0.3, 0.4) is 0 Å². The van der Waals surface area contributed by atoms with Crippen molar-refractivity contribution >= 4 is 19.7 Å². The van der Waals surface area contributed by atoms with Crippen LogP contribution in [-0.4, -0.2) is 14.0 Å². The fraction of sp³-hybridized carbons (Fsp3) is 0.538. The number of rotatable bonds is 5. The molecule has 3 heteroatoms. The van der Waals surface area contributed by atoms with Crippen molar-refractivity contribution in [2.24, 2.45) is 5.92 Å². The van der Waals surface area contributed by atoms with Gasteiger partial charge in [0, 0.05) is 14.0 Å². The first kappa shape index (κ1) is 13.7. The Balaban J connectivity index is 2.63. The zero-order chi connectivity index (χ0) is 12.2. The van der Waals surface area contributed by atoms with Crippen LogP contribution in [0.4, 0.5) is 4.39 Å². The van der Waals surface area contributed by atoms with Gasteiger partial charge in [0.2, 0.25) is 0 Å². The van der Waals surface area contributed by atoms with E-state index in [4.69, 9.17) is 11.6 Å². The zero-order valence-electron chi connectivity index (χ0n) is 10.3. The maximum absolute atomic E-state index is 13.0. The largest absolute Gasteiger partial charge is 0.207 e. The van der Waals surface area contributed by atoms with Crippen molar-refractivity contribution in [3.05, 3.63) is 35.6 Å². The molecule has 0 aliphatic carbocycles. The van der Waals surface area contributed by atoms with Gasteiger partial charge in [0.25, 0.3) is 0 Å². The van der Waals surface area contributed by atoms with E-state index in [1.54, 1.807) is 12.1 Å². The number of hydrogen-bond donors (Lipinski definition) is 0. The molecule has 0 fully saturated rings. The predicted molar refractivity (Wildman–Crippen MR) is 72.5 cm³/mol. The molecule has 1 atom stereocenters. The lowest BCUT2D eigenvalue weighted by atomic mass is 10.0. The zero-order valence-corrected chi connectivity index (χ0v) is 12.0. The molecular formula is C13H20ClFSi. The minimum atomic E-state index is -1.09. The molecule has 16 heavy (non-hydrogen) atoms. The fourth-order valence-electron chi connectivity index (χ4n) is 2.04. The molecule has 1 aromatic carbocycles. The molecule has 0 bridgehead atoms. The molecule has 0 aromatic heterocycles. The van der Waals surface area contributed by atoms with E-state index in [1.807, 2.05) is 6.07 Å². The summed E-state index contributed by atoms with van der Waals surface area (Å²) in [4.78, 5) is 0. The summed E-state index contributed by atoms with van der Waals surface area (Å²) >= 11 is 5.99. The molecule has 0 aliphatic rings. The lowest BCUT2D eigenvalue weighted by molar-refractivity contribution is 0.612. The maximum atomic E-state index is 13.0. The Morgan fingerprint density at radius 3 is 2.50 bits per heavy atom. The molecule has 0 radical (unpaired) electrons. The van der Waals surface area contributed by atoms with Gasteiger partial charge in [-0.15, -0.1) is 11.6 Å². The normalized spacial score (nSPS) is 13.8. The number of alkyl halides is 1. The van der Waals surface area contributed by atoms with Gasteiger partial charge in [-0.25, -0.2) is 4.39 Å². The van der Waals surface area contributed by atoms with Crippen LogP contribution in [0.1, 0.15) is 5.56 Å². The van der Waals surface area contributed by atoms with E-state index in [0.717, 1.165) is 12.0 Å². The van der Waals surface area contributed by atoms with Gasteiger partial charge >= 0.3 is 0 Å². The van der Waals surface area contributed by atoms with Gasteiger partial charge in [-0.05, 0) is 30.0 Å². The van der Waals surface area contributed by atoms with Gasteiger partial charge in [0.15, 0.2) is 0 Å². The van der Waals surface area contributed by atoms with E-state index >= 15 is 0 Å². The standard InChI is InChI=1S/C13H20ClFSi/c1-16(2,3)10-12(9-14)7-11-5-4-6-13(15)8-11/h4-6,8,12H,7,9-10H2,1-3H3. The third kappa shape index (κ3) is 5.13. The fourth-order valence-corrected chi connectivity index (χ4v) is 4.47. The van der Waals surface area contributed by atoms with Crippen molar-refractivity contribution < 1.29 is 4.39 Å². The first-order chi connectivity index (χ1) is 7.40. The van der Waals surface area contributed by atoms with E-state index in [9.17, 15) is 4.39 Å². The van der Waals surface area contributed by atoms with Crippen LogP contribution in [0.15, 0.2) is 24.3 Å². The first-order valence-corrected chi connectivity index (χ1v) is 9.95. The van der Waals surface area contributed by atoms with Crippen molar-refractivity contribution in [3.63, 3.8) is 0 Å². The first-order valence-electron chi connectivity index (χ1n) is 5.71. The van der Waals surface area contributed by atoms with E-state index in [-0.39, 0.29) is 5.82 Å². The smallest absolute Gasteiger partial charge is 0.123 e. The van der Waals surface area contributed by atoms with Crippen LogP contribution in [0.25, 0.3) is 0 Å². The summed E-state index contributed by atoms with van der Waals surface area (Å²) in [6.07, 6.45) is 0.894. The van der Waals surface area contributed by atoms with Crippen molar-refractivity contribution in [2.45, 2.75) is 32.1 Å². The molecule has 1 aromatic rings.